The third-order valence-electron chi connectivity index (χ3n) is 5.07. The lowest BCUT2D eigenvalue weighted by atomic mass is 9.95. The van der Waals surface area contributed by atoms with Crippen LogP contribution in [0.2, 0.25) is 0 Å². The summed E-state index contributed by atoms with van der Waals surface area (Å²) in [5, 5.41) is 17.5. The lowest BCUT2D eigenvalue weighted by molar-refractivity contribution is -0.384. The Kier molecular flexibility index (Phi) is 6.97. The van der Waals surface area contributed by atoms with Crippen LogP contribution in [0.4, 0.5) is 11.4 Å². The second kappa shape index (κ2) is 9.64. The number of unbranched alkanes of at least 4 members (excludes halogenated alkanes) is 1. The van der Waals surface area contributed by atoms with Crippen LogP contribution >= 0.6 is 11.3 Å². The van der Waals surface area contributed by atoms with E-state index in [4.69, 9.17) is 0 Å². The number of hydrogen-bond acceptors (Lipinski definition) is 6. The van der Waals surface area contributed by atoms with Crippen molar-refractivity contribution in [2.45, 2.75) is 39.0 Å². The average molecular weight is 403 g/mol. The minimum Gasteiger partial charge on any atom is -0.366 e. The molecule has 28 heavy (non-hydrogen) atoms. The molecular formula is C20H26N4O3S. The zero-order valence-electron chi connectivity index (χ0n) is 16.1. The van der Waals surface area contributed by atoms with Gasteiger partial charge in [0, 0.05) is 42.7 Å². The van der Waals surface area contributed by atoms with Crippen LogP contribution < -0.4 is 10.2 Å². The fourth-order valence-electron chi connectivity index (χ4n) is 3.54. The third kappa shape index (κ3) is 5.28. The molecule has 1 amide bonds. The first-order valence-corrected chi connectivity index (χ1v) is 10.6. The minimum atomic E-state index is -0.346. The van der Waals surface area contributed by atoms with Crippen LogP contribution in [0.3, 0.4) is 0 Å². The van der Waals surface area contributed by atoms with E-state index in [9.17, 15) is 14.9 Å². The minimum absolute atomic E-state index is 0.0133. The highest BCUT2D eigenvalue weighted by atomic mass is 32.1. The lowest BCUT2D eigenvalue weighted by Gasteiger charge is -2.32. The molecule has 2 heterocycles. The maximum atomic E-state index is 12.4. The predicted octanol–water partition coefficient (Wildman–Crippen LogP) is 3.72. The Labute approximate surface area is 168 Å². The van der Waals surface area contributed by atoms with Gasteiger partial charge in [0.2, 0.25) is 5.91 Å². The Morgan fingerprint density at radius 3 is 2.75 bits per heavy atom. The molecule has 0 radical (unpaired) electrons. The van der Waals surface area contributed by atoms with Gasteiger partial charge >= 0.3 is 0 Å². The smallest absolute Gasteiger partial charge is 0.292 e. The van der Waals surface area contributed by atoms with E-state index in [0.29, 0.717) is 25.3 Å². The highest BCUT2D eigenvalue weighted by Crippen LogP contribution is 2.31. The van der Waals surface area contributed by atoms with Crippen molar-refractivity contribution < 1.29 is 9.72 Å². The molecule has 3 rings (SSSR count). The molecule has 0 atom stereocenters. The number of para-hydroxylation sites is 2. The lowest BCUT2D eigenvalue weighted by Crippen LogP contribution is -2.41. The third-order valence-corrected chi connectivity index (χ3v) is 6.09. The number of nitro benzene ring substituents is 1. The number of carbonyl (C=O) groups excluding carboxylic acids is 1. The van der Waals surface area contributed by atoms with Gasteiger partial charge in [-0.1, -0.05) is 12.1 Å². The Bertz CT molecular complexity index is 815. The maximum absolute atomic E-state index is 12.4. The highest BCUT2D eigenvalue weighted by Gasteiger charge is 2.27. The molecule has 1 aliphatic rings. The van der Waals surface area contributed by atoms with E-state index in [0.717, 1.165) is 42.8 Å². The fourth-order valence-corrected chi connectivity index (χ4v) is 4.36. The number of amides is 1. The quantitative estimate of drug-likeness (QED) is 0.413. The summed E-state index contributed by atoms with van der Waals surface area (Å²) < 4.78 is 0. The molecule has 0 unspecified atom stereocenters. The highest BCUT2D eigenvalue weighted by molar-refractivity contribution is 7.09. The van der Waals surface area contributed by atoms with Gasteiger partial charge in [0.15, 0.2) is 0 Å². The van der Waals surface area contributed by atoms with Crippen molar-refractivity contribution in [2.24, 2.45) is 5.92 Å². The van der Waals surface area contributed by atoms with E-state index in [1.807, 2.05) is 17.9 Å². The number of nitrogens with one attached hydrogen (secondary N) is 1. The second-order valence-corrected chi connectivity index (χ2v) is 8.08. The van der Waals surface area contributed by atoms with Crippen molar-refractivity contribution in [1.82, 2.24) is 10.3 Å². The van der Waals surface area contributed by atoms with E-state index in [1.54, 1.807) is 23.5 Å². The summed E-state index contributed by atoms with van der Waals surface area (Å²) in [5.74, 6) is 0.0907. The summed E-state index contributed by atoms with van der Waals surface area (Å²) in [6.07, 6.45) is 4.36. The van der Waals surface area contributed by atoms with Crippen molar-refractivity contribution >= 4 is 28.6 Å². The van der Waals surface area contributed by atoms with E-state index in [2.05, 4.69) is 15.7 Å². The molecule has 1 N–H and O–H groups in total. The summed E-state index contributed by atoms with van der Waals surface area (Å²) in [4.78, 5) is 29.7. The summed E-state index contributed by atoms with van der Waals surface area (Å²) in [7, 11) is 0. The first kappa shape index (κ1) is 20.3. The SMILES string of the molecule is Cc1csc(CCCCNC(=O)C2CCN(c3ccccc3[N+](=O)[O-])CC2)n1. The van der Waals surface area contributed by atoms with Gasteiger partial charge in [-0.15, -0.1) is 11.3 Å². The van der Waals surface area contributed by atoms with Crippen LogP contribution in [0.25, 0.3) is 0 Å². The number of benzene rings is 1. The molecule has 1 aromatic carbocycles. The van der Waals surface area contributed by atoms with Crippen molar-refractivity contribution in [3.8, 4) is 0 Å². The van der Waals surface area contributed by atoms with Crippen molar-refractivity contribution in [1.29, 1.82) is 0 Å². The largest absolute Gasteiger partial charge is 0.366 e. The van der Waals surface area contributed by atoms with Gasteiger partial charge in [0.25, 0.3) is 5.69 Å². The predicted molar refractivity (Wildman–Crippen MR) is 111 cm³/mol. The van der Waals surface area contributed by atoms with Crippen LogP contribution in [-0.2, 0) is 11.2 Å². The molecule has 0 aliphatic carbocycles. The van der Waals surface area contributed by atoms with Crippen LogP contribution in [0.15, 0.2) is 29.6 Å². The first-order chi connectivity index (χ1) is 13.5. The first-order valence-electron chi connectivity index (χ1n) is 9.71. The normalized spacial score (nSPS) is 14.8. The number of nitrogens with zero attached hydrogens (tertiary/aromatic N) is 3. The average Bonchev–Trinajstić information content (AvgIpc) is 3.12. The van der Waals surface area contributed by atoms with Gasteiger partial charge in [0.05, 0.1) is 9.93 Å². The van der Waals surface area contributed by atoms with E-state index >= 15 is 0 Å². The van der Waals surface area contributed by atoms with Gasteiger partial charge < -0.3 is 10.2 Å². The van der Waals surface area contributed by atoms with Gasteiger partial charge in [0.1, 0.15) is 5.69 Å². The van der Waals surface area contributed by atoms with Gasteiger partial charge in [-0.25, -0.2) is 4.98 Å². The van der Waals surface area contributed by atoms with Crippen LogP contribution in [-0.4, -0.2) is 35.4 Å². The standard InChI is InChI=1S/C20H26N4O3S/c1-15-14-28-19(22-15)8-4-5-11-21-20(25)16-9-12-23(13-10-16)17-6-2-3-7-18(17)24(26)27/h2-3,6-7,14,16H,4-5,8-13H2,1H3,(H,21,25). The number of thiazole rings is 1. The number of hydrogen-bond donors (Lipinski definition) is 1. The molecular weight excluding hydrogens is 376 g/mol. The van der Waals surface area contributed by atoms with Crippen LogP contribution in [0.5, 0.6) is 0 Å². The Hall–Kier alpha value is -2.48. The molecule has 0 spiro atoms. The van der Waals surface area contributed by atoms with Crippen molar-refractivity contribution in [2.75, 3.05) is 24.5 Å². The molecule has 0 saturated carbocycles. The van der Waals surface area contributed by atoms with E-state index in [-0.39, 0.29) is 22.4 Å². The van der Waals surface area contributed by atoms with Crippen LogP contribution in [0, 0.1) is 23.0 Å². The molecule has 1 aromatic heterocycles. The Morgan fingerprint density at radius 2 is 2.07 bits per heavy atom. The zero-order valence-corrected chi connectivity index (χ0v) is 16.9. The van der Waals surface area contributed by atoms with Crippen LogP contribution in [0.1, 0.15) is 36.4 Å². The van der Waals surface area contributed by atoms with Gasteiger partial charge in [-0.3, -0.25) is 14.9 Å². The fraction of sp³-hybridized carbons (Fsp3) is 0.500. The summed E-state index contributed by atoms with van der Waals surface area (Å²) in [5.41, 5.74) is 1.84. The molecule has 2 aromatic rings. The zero-order chi connectivity index (χ0) is 19.9. The van der Waals surface area contributed by atoms with E-state index in [1.165, 1.54) is 6.07 Å². The second-order valence-electron chi connectivity index (χ2n) is 7.14. The number of aromatic nitrogens is 1. The number of rotatable bonds is 8. The summed E-state index contributed by atoms with van der Waals surface area (Å²) in [6.45, 7) is 4.01. The van der Waals surface area contributed by atoms with E-state index < -0.39 is 0 Å². The number of carbonyl (C=O) groups is 1. The van der Waals surface area contributed by atoms with Crippen molar-refractivity contribution in [3.63, 3.8) is 0 Å². The number of piperidine rings is 1. The molecule has 8 heteroatoms. The van der Waals surface area contributed by atoms with Gasteiger partial charge in [-0.05, 0) is 45.1 Å². The Balaban J connectivity index is 1.38. The molecule has 1 fully saturated rings. The molecule has 7 nitrogen and oxygen atoms in total. The number of anilines is 1. The molecule has 0 bridgehead atoms. The monoisotopic (exact) mass is 402 g/mol. The number of aryl methyl sites for hydroxylation is 2. The topological polar surface area (TPSA) is 88.4 Å². The van der Waals surface area contributed by atoms with Gasteiger partial charge in [-0.2, -0.15) is 0 Å². The summed E-state index contributed by atoms with van der Waals surface area (Å²) in [6, 6.07) is 6.80. The maximum Gasteiger partial charge on any atom is 0.292 e. The molecule has 150 valence electrons. The number of nitro groups is 1. The Morgan fingerprint density at radius 1 is 1.32 bits per heavy atom. The molecule has 1 aliphatic heterocycles. The summed E-state index contributed by atoms with van der Waals surface area (Å²) >= 11 is 1.69. The van der Waals surface area contributed by atoms with Crippen molar-refractivity contribution in [3.05, 3.63) is 50.5 Å². The molecule has 1 saturated heterocycles.